The minimum atomic E-state index is -0.247. The molecule has 0 atom stereocenters. The highest BCUT2D eigenvalue weighted by molar-refractivity contribution is 5.76. The van der Waals surface area contributed by atoms with Gasteiger partial charge in [-0.2, -0.15) is 0 Å². The molecule has 0 amide bonds. The van der Waals surface area contributed by atoms with Gasteiger partial charge in [0.15, 0.2) is 5.89 Å². The fourth-order valence-electron chi connectivity index (χ4n) is 2.62. The van der Waals surface area contributed by atoms with Crippen LogP contribution in [0.15, 0.2) is 52.9 Å². The minimum absolute atomic E-state index is 0.127. The summed E-state index contributed by atoms with van der Waals surface area (Å²) in [6.45, 7) is 3.37. The van der Waals surface area contributed by atoms with Crippen molar-refractivity contribution < 1.29 is 13.6 Å². The number of Topliss-reactive ketones (excluding diaryl/α,β-unsaturated/α-hetero) is 1. The Labute approximate surface area is 140 Å². The highest BCUT2D eigenvalue weighted by Crippen LogP contribution is 2.28. The Balaban J connectivity index is 1.88. The van der Waals surface area contributed by atoms with E-state index in [0.717, 1.165) is 28.1 Å². The fraction of sp³-hybridized carbons (Fsp3) is 0.200. The Bertz CT molecular complexity index is 848. The molecule has 0 saturated carbocycles. The molecule has 0 saturated heterocycles. The molecular weight excluding hydrogens is 305 g/mol. The van der Waals surface area contributed by atoms with Gasteiger partial charge < -0.3 is 9.21 Å². The lowest BCUT2D eigenvalue weighted by Gasteiger charge is -2.04. The largest absolute Gasteiger partial charge is 0.445 e. The maximum absolute atomic E-state index is 13.0. The number of nitrogens with zero attached hydrogens (tertiary/aromatic N) is 1. The molecule has 0 spiro atoms. The van der Waals surface area contributed by atoms with Gasteiger partial charge in [0.1, 0.15) is 23.1 Å². The summed E-state index contributed by atoms with van der Waals surface area (Å²) in [5.74, 6) is 1.20. The quantitative estimate of drug-likeness (QED) is 0.665. The average Bonchev–Trinajstić information content (AvgIpc) is 2.95. The van der Waals surface area contributed by atoms with Crippen molar-refractivity contribution >= 4 is 5.78 Å². The second-order valence-corrected chi connectivity index (χ2v) is 5.79. The van der Waals surface area contributed by atoms with Crippen molar-refractivity contribution in [2.45, 2.75) is 26.7 Å². The van der Waals surface area contributed by atoms with Crippen LogP contribution in [0.1, 0.15) is 25.0 Å². The monoisotopic (exact) mass is 323 g/mol. The molecule has 1 aromatic heterocycles. The average molecular weight is 323 g/mol. The summed E-state index contributed by atoms with van der Waals surface area (Å²) in [4.78, 5) is 15.7. The first-order chi connectivity index (χ1) is 11.5. The molecule has 4 heteroatoms. The number of aromatic nitrogens is 1. The number of hydrogen-bond donors (Lipinski definition) is 0. The number of halogens is 1. The van der Waals surface area contributed by atoms with Crippen molar-refractivity contribution in [3.8, 4) is 22.4 Å². The van der Waals surface area contributed by atoms with Crippen LogP contribution in [0.25, 0.3) is 22.4 Å². The van der Waals surface area contributed by atoms with E-state index in [4.69, 9.17) is 4.42 Å². The van der Waals surface area contributed by atoms with E-state index in [2.05, 4.69) is 4.98 Å². The third-order valence-corrected chi connectivity index (χ3v) is 3.84. The lowest BCUT2D eigenvalue weighted by molar-refractivity contribution is -0.117. The van der Waals surface area contributed by atoms with Crippen LogP contribution in [0.5, 0.6) is 0 Å². The predicted octanol–water partition coefficient (Wildman–Crippen LogP) is 4.98. The zero-order valence-corrected chi connectivity index (χ0v) is 13.7. The highest BCUT2D eigenvalue weighted by Gasteiger charge is 2.14. The van der Waals surface area contributed by atoms with E-state index in [1.807, 2.05) is 24.3 Å². The van der Waals surface area contributed by atoms with Gasteiger partial charge in [0.2, 0.25) is 0 Å². The number of aryl methyl sites for hydroxylation is 2. The minimum Gasteiger partial charge on any atom is -0.445 e. The molecule has 0 bridgehead atoms. The lowest BCUT2D eigenvalue weighted by Crippen LogP contribution is -1.94. The third-order valence-electron chi connectivity index (χ3n) is 3.84. The van der Waals surface area contributed by atoms with Gasteiger partial charge in [-0.05, 0) is 30.2 Å². The molecule has 3 rings (SSSR count). The highest BCUT2D eigenvalue weighted by atomic mass is 19.1. The Morgan fingerprint density at radius 3 is 2.12 bits per heavy atom. The summed E-state index contributed by atoms with van der Waals surface area (Å²) < 4.78 is 18.7. The molecule has 0 fully saturated rings. The lowest BCUT2D eigenvalue weighted by atomic mass is 10.0. The van der Waals surface area contributed by atoms with Crippen molar-refractivity contribution in [2.75, 3.05) is 0 Å². The van der Waals surface area contributed by atoms with Crippen LogP contribution in [-0.2, 0) is 11.2 Å². The van der Waals surface area contributed by atoms with Crippen LogP contribution in [0, 0.1) is 12.7 Å². The summed E-state index contributed by atoms with van der Waals surface area (Å²) in [7, 11) is 0. The van der Waals surface area contributed by atoms with Crippen LogP contribution in [0.4, 0.5) is 4.39 Å². The predicted molar refractivity (Wildman–Crippen MR) is 91.1 cm³/mol. The van der Waals surface area contributed by atoms with E-state index in [1.54, 1.807) is 26.0 Å². The van der Waals surface area contributed by atoms with E-state index >= 15 is 0 Å². The van der Waals surface area contributed by atoms with E-state index < -0.39 is 0 Å². The number of carbonyl (C=O) groups is 1. The molecular formula is C20H18FNO2. The number of benzene rings is 2. The summed E-state index contributed by atoms with van der Waals surface area (Å²) in [6, 6.07) is 14.3. The van der Waals surface area contributed by atoms with E-state index in [1.165, 1.54) is 12.1 Å². The molecule has 0 aliphatic rings. The summed E-state index contributed by atoms with van der Waals surface area (Å²) in [5, 5.41) is 0. The molecule has 24 heavy (non-hydrogen) atoms. The number of rotatable bonds is 5. The molecule has 0 unspecified atom stereocenters. The number of ketones is 1. The zero-order valence-electron chi connectivity index (χ0n) is 13.7. The first kappa shape index (κ1) is 16.1. The molecule has 2 aromatic carbocycles. The number of carbonyl (C=O) groups excluding carboxylic acids is 1. The van der Waals surface area contributed by atoms with Gasteiger partial charge in [0, 0.05) is 25.3 Å². The van der Waals surface area contributed by atoms with Gasteiger partial charge in [-0.1, -0.05) is 36.4 Å². The van der Waals surface area contributed by atoms with Crippen LogP contribution in [0.3, 0.4) is 0 Å². The molecule has 1 heterocycles. The maximum atomic E-state index is 13.0. The Hall–Kier alpha value is -2.75. The van der Waals surface area contributed by atoms with Gasteiger partial charge in [-0.15, -0.1) is 0 Å². The SMILES string of the molecule is CC(=O)CCc1oc(C)nc1-c1ccc(-c2ccc(F)cc2)cc1. The summed E-state index contributed by atoms with van der Waals surface area (Å²) in [6.07, 6.45) is 0.987. The van der Waals surface area contributed by atoms with Crippen LogP contribution in [0.2, 0.25) is 0 Å². The molecule has 0 aliphatic carbocycles. The van der Waals surface area contributed by atoms with Crippen molar-refractivity contribution in [1.29, 1.82) is 0 Å². The van der Waals surface area contributed by atoms with Crippen molar-refractivity contribution in [3.63, 3.8) is 0 Å². The smallest absolute Gasteiger partial charge is 0.191 e. The van der Waals surface area contributed by atoms with Gasteiger partial charge in [-0.25, -0.2) is 9.37 Å². The molecule has 0 N–H and O–H groups in total. The molecule has 122 valence electrons. The first-order valence-electron chi connectivity index (χ1n) is 7.85. The van der Waals surface area contributed by atoms with Gasteiger partial charge in [0.05, 0.1) is 0 Å². The topological polar surface area (TPSA) is 43.1 Å². The van der Waals surface area contributed by atoms with Crippen LogP contribution in [-0.4, -0.2) is 10.8 Å². The standard InChI is InChI=1S/C20H18FNO2/c1-13(23)3-12-19-20(22-14(2)24-19)17-6-4-15(5-7-17)16-8-10-18(21)11-9-16/h4-11H,3,12H2,1-2H3. The van der Waals surface area contributed by atoms with Crippen molar-refractivity contribution in [1.82, 2.24) is 4.98 Å². The number of hydrogen-bond acceptors (Lipinski definition) is 3. The Morgan fingerprint density at radius 2 is 1.54 bits per heavy atom. The van der Waals surface area contributed by atoms with E-state index in [-0.39, 0.29) is 11.6 Å². The Morgan fingerprint density at radius 1 is 1.00 bits per heavy atom. The van der Waals surface area contributed by atoms with Crippen LogP contribution < -0.4 is 0 Å². The van der Waals surface area contributed by atoms with Gasteiger partial charge >= 0.3 is 0 Å². The van der Waals surface area contributed by atoms with Crippen molar-refractivity contribution in [2.24, 2.45) is 0 Å². The van der Waals surface area contributed by atoms with Crippen LogP contribution >= 0.6 is 0 Å². The second-order valence-electron chi connectivity index (χ2n) is 5.79. The summed E-state index contributed by atoms with van der Waals surface area (Å²) >= 11 is 0. The fourth-order valence-corrected chi connectivity index (χ4v) is 2.62. The number of oxazole rings is 1. The zero-order chi connectivity index (χ0) is 17.1. The second kappa shape index (κ2) is 6.79. The molecule has 3 aromatic rings. The van der Waals surface area contributed by atoms with Gasteiger partial charge in [0.25, 0.3) is 0 Å². The maximum Gasteiger partial charge on any atom is 0.191 e. The molecule has 0 radical (unpaired) electrons. The first-order valence-corrected chi connectivity index (χ1v) is 7.85. The van der Waals surface area contributed by atoms with Crippen molar-refractivity contribution in [3.05, 3.63) is 66.0 Å². The molecule has 3 nitrogen and oxygen atoms in total. The van der Waals surface area contributed by atoms with Gasteiger partial charge in [-0.3, -0.25) is 0 Å². The van der Waals surface area contributed by atoms with E-state index in [0.29, 0.717) is 18.7 Å². The summed E-state index contributed by atoms with van der Waals surface area (Å²) in [5.41, 5.74) is 3.68. The Kier molecular flexibility index (Phi) is 4.56. The molecule has 0 aliphatic heterocycles. The third kappa shape index (κ3) is 3.59. The van der Waals surface area contributed by atoms with E-state index in [9.17, 15) is 9.18 Å². The normalized spacial score (nSPS) is 10.8.